The van der Waals surface area contributed by atoms with E-state index in [9.17, 15) is 5.11 Å². The Kier molecular flexibility index (Phi) is 4.38. The summed E-state index contributed by atoms with van der Waals surface area (Å²) in [5, 5.41) is 23.0. The minimum Gasteiger partial charge on any atom is -0.491 e. The van der Waals surface area contributed by atoms with Crippen LogP contribution in [0.4, 0.5) is 0 Å². The molecule has 0 aliphatic heterocycles. The molecule has 1 saturated carbocycles. The van der Waals surface area contributed by atoms with Gasteiger partial charge in [0, 0.05) is 11.5 Å². The summed E-state index contributed by atoms with van der Waals surface area (Å²) in [6.45, 7) is 0.124. The fourth-order valence-corrected chi connectivity index (χ4v) is 2.60. The van der Waals surface area contributed by atoms with Crippen LogP contribution in [0.5, 0.6) is 5.75 Å². The Labute approximate surface area is 150 Å². The molecule has 1 aliphatic rings. The number of rotatable bonds is 6. The van der Waals surface area contributed by atoms with Crippen LogP contribution in [0.2, 0.25) is 0 Å². The molecule has 0 amide bonds. The molecule has 1 unspecified atom stereocenters. The highest BCUT2D eigenvalue weighted by molar-refractivity contribution is 5.55. The molecule has 0 bridgehead atoms. The monoisotopic (exact) mass is 347 g/mol. The predicted octanol–water partition coefficient (Wildman–Crippen LogP) is 3.60. The van der Waals surface area contributed by atoms with E-state index >= 15 is 0 Å². The van der Waals surface area contributed by atoms with E-state index in [1.54, 1.807) is 24.3 Å². The molecule has 1 aromatic heterocycles. The number of nitriles is 1. The Bertz CT molecular complexity index is 922. The standard InChI is InChI=1S/C20H17N3O3/c21-11-13-1-3-14(4-2-13)18(24)12-25-17-9-7-15(8-10-17)19-22-20(26-23-19)16-5-6-16/h1-4,7-10,16,18,24H,5-6,12H2. The Morgan fingerprint density at radius 1 is 1.15 bits per heavy atom. The predicted molar refractivity (Wildman–Crippen MR) is 93.3 cm³/mol. The van der Waals surface area contributed by atoms with Crippen molar-refractivity contribution in [3.05, 3.63) is 65.5 Å². The Morgan fingerprint density at radius 3 is 2.54 bits per heavy atom. The highest BCUT2D eigenvalue weighted by Crippen LogP contribution is 2.39. The van der Waals surface area contributed by atoms with Gasteiger partial charge in [-0.15, -0.1) is 0 Å². The Hall–Kier alpha value is -3.17. The molecule has 1 fully saturated rings. The minimum absolute atomic E-state index is 0.124. The van der Waals surface area contributed by atoms with Crippen LogP contribution in [-0.4, -0.2) is 21.9 Å². The van der Waals surface area contributed by atoms with Gasteiger partial charge in [0.25, 0.3) is 0 Å². The van der Waals surface area contributed by atoms with Crippen LogP contribution in [0.1, 0.15) is 41.9 Å². The van der Waals surface area contributed by atoms with Crippen LogP contribution in [0, 0.1) is 11.3 Å². The summed E-state index contributed by atoms with van der Waals surface area (Å²) < 4.78 is 10.9. The topological polar surface area (TPSA) is 92.2 Å². The quantitative estimate of drug-likeness (QED) is 0.732. The smallest absolute Gasteiger partial charge is 0.230 e. The second kappa shape index (κ2) is 6.98. The van der Waals surface area contributed by atoms with Crippen LogP contribution >= 0.6 is 0 Å². The van der Waals surface area contributed by atoms with Crippen LogP contribution in [-0.2, 0) is 0 Å². The number of benzene rings is 2. The third-order valence-electron chi connectivity index (χ3n) is 4.31. The first-order valence-corrected chi connectivity index (χ1v) is 8.48. The molecule has 1 atom stereocenters. The molecule has 6 heteroatoms. The van der Waals surface area contributed by atoms with Crippen molar-refractivity contribution in [2.24, 2.45) is 0 Å². The molecule has 1 heterocycles. The second-order valence-electron chi connectivity index (χ2n) is 6.32. The van der Waals surface area contributed by atoms with E-state index in [0.717, 1.165) is 18.4 Å². The maximum Gasteiger partial charge on any atom is 0.230 e. The van der Waals surface area contributed by atoms with Crippen molar-refractivity contribution in [2.45, 2.75) is 24.9 Å². The molecule has 3 aromatic rings. The lowest BCUT2D eigenvalue weighted by molar-refractivity contribution is 0.108. The van der Waals surface area contributed by atoms with E-state index in [-0.39, 0.29) is 6.61 Å². The summed E-state index contributed by atoms with van der Waals surface area (Å²) in [5.74, 6) is 2.37. The van der Waals surface area contributed by atoms with E-state index in [1.807, 2.05) is 24.3 Å². The van der Waals surface area contributed by atoms with Crippen molar-refractivity contribution in [3.63, 3.8) is 0 Å². The van der Waals surface area contributed by atoms with E-state index < -0.39 is 6.10 Å². The first-order valence-electron chi connectivity index (χ1n) is 8.48. The van der Waals surface area contributed by atoms with Gasteiger partial charge in [-0.3, -0.25) is 0 Å². The molecule has 1 N–H and O–H groups in total. The van der Waals surface area contributed by atoms with Crippen molar-refractivity contribution < 1.29 is 14.4 Å². The first-order chi connectivity index (χ1) is 12.7. The minimum atomic E-state index is -0.763. The summed E-state index contributed by atoms with van der Waals surface area (Å²) in [6.07, 6.45) is 1.48. The van der Waals surface area contributed by atoms with Gasteiger partial charge >= 0.3 is 0 Å². The zero-order chi connectivity index (χ0) is 17.9. The number of hydrogen-bond acceptors (Lipinski definition) is 6. The third kappa shape index (κ3) is 3.58. The molecule has 0 saturated heterocycles. The lowest BCUT2D eigenvalue weighted by Gasteiger charge is -2.13. The van der Waals surface area contributed by atoms with E-state index in [0.29, 0.717) is 34.5 Å². The summed E-state index contributed by atoms with van der Waals surface area (Å²) in [5.41, 5.74) is 2.13. The van der Waals surface area contributed by atoms with Crippen molar-refractivity contribution in [1.29, 1.82) is 5.26 Å². The van der Waals surface area contributed by atoms with Crippen molar-refractivity contribution in [1.82, 2.24) is 10.1 Å². The summed E-state index contributed by atoms with van der Waals surface area (Å²) in [6, 6.07) is 16.2. The number of aliphatic hydroxyl groups is 1. The van der Waals surface area contributed by atoms with Gasteiger partial charge in [0.15, 0.2) is 0 Å². The zero-order valence-electron chi connectivity index (χ0n) is 14.0. The molecule has 0 spiro atoms. The van der Waals surface area contributed by atoms with Gasteiger partial charge in [-0.2, -0.15) is 10.2 Å². The molecule has 130 valence electrons. The van der Waals surface area contributed by atoms with Gasteiger partial charge in [0.1, 0.15) is 18.5 Å². The molecule has 1 aliphatic carbocycles. The fraction of sp³-hybridized carbons (Fsp3) is 0.250. The van der Waals surface area contributed by atoms with Gasteiger partial charge in [-0.25, -0.2) is 0 Å². The van der Waals surface area contributed by atoms with E-state index in [2.05, 4.69) is 16.2 Å². The SMILES string of the molecule is N#Cc1ccc(C(O)COc2ccc(-c3noc(C4CC4)n3)cc2)cc1. The van der Waals surface area contributed by atoms with Crippen LogP contribution in [0.3, 0.4) is 0 Å². The highest BCUT2D eigenvalue weighted by Gasteiger charge is 2.29. The number of ether oxygens (including phenoxy) is 1. The molecular formula is C20H17N3O3. The summed E-state index contributed by atoms with van der Waals surface area (Å²) >= 11 is 0. The molecule has 0 radical (unpaired) electrons. The Morgan fingerprint density at radius 2 is 1.88 bits per heavy atom. The molecular weight excluding hydrogens is 330 g/mol. The van der Waals surface area contributed by atoms with Crippen LogP contribution < -0.4 is 4.74 Å². The molecule has 4 rings (SSSR count). The summed E-state index contributed by atoms with van der Waals surface area (Å²) in [4.78, 5) is 4.42. The van der Waals surface area contributed by atoms with E-state index in [4.69, 9.17) is 14.5 Å². The second-order valence-corrected chi connectivity index (χ2v) is 6.32. The van der Waals surface area contributed by atoms with Crippen LogP contribution in [0.25, 0.3) is 11.4 Å². The summed E-state index contributed by atoms with van der Waals surface area (Å²) in [7, 11) is 0. The highest BCUT2D eigenvalue weighted by atomic mass is 16.5. The third-order valence-corrected chi connectivity index (χ3v) is 4.31. The number of hydrogen-bond donors (Lipinski definition) is 1. The van der Waals surface area contributed by atoms with Gasteiger partial charge in [-0.05, 0) is 54.8 Å². The van der Waals surface area contributed by atoms with Crippen molar-refractivity contribution in [2.75, 3.05) is 6.61 Å². The molecule has 26 heavy (non-hydrogen) atoms. The maximum absolute atomic E-state index is 10.2. The first kappa shape index (κ1) is 16.3. The molecule has 2 aromatic carbocycles. The molecule has 6 nitrogen and oxygen atoms in total. The average Bonchev–Trinajstić information content (AvgIpc) is 3.43. The van der Waals surface area contributed by atoms with Crippen LogP contribution in [0.15, 0.2) is 53.1 Å². The van der Waals surface area contributed by atoms with E-state index in [1.165, 1.54) is 0 Å². The number of nitrogens with zero attached hydrogens (tertiary/aromatic N) is 3. The average molecular weight is 347 g/mol. The lowest BCUT2D eigenvalue weighted by atomic mass is 10.1. The Balaban J connectivity index is 1.36. The lowest BCUT2D eigenvalue weighted by Crippen LogP contribution is -2.09. The van der Waals surface area contributed by atoms with Gasteiger partial charge in [0.2, 0.25) is 11.7 Å². The zero-order valence-corrected chi connectivity index (χ0v) is 14.0. The largest absolute Gasteiger partial charge is 0.491 e. The number of aliphatic hydroxyl groups excluding tert-OH is 1. The van der Waals surface area contributed by atoms with Crippen molar-refractivity contribution >= 4 is 0 Å². The number of aromatic nitrogens is 2. The maximum atomic E-state index is 10.2. The van der Waals surface area contributed by atoms with Gasteiger partial charge in [0.05, 0.1) is 11.6 Å². The fourth-order valence-electron chi connectivity index (χ4n) is 2.60. The van der Waals surface area contributed by atoms with Crippen molar-refractivity contribution in [3.8, 4) is 23.2 Å². The normalized spacial score (nSPS) is 14.6. The van der Waals surface area contributed by atoms with Gasteiger partial charge < -0.3 is 14.4 Å². The van der Waals surface area contributed by atoms with Gasteiger partial charge in [-0.1, -0.05) is 17.3 Å².